The van der Waals surface area contributed by atoms with Gasteiger partial charge in [0.2, 0.25) is 21.8 Å². The fourth-order valence-electron chi connectivity index (χ4n) is 3.86. The van der Waals surface area contributed by atoms with Crippen LogP contribution in [0.4, 0.5) is 5.69 Å². The molecule has 0 aliphatic carbocycles. The van der Waals surface area contributed by atoms with E-state index in [9.17, 15) is 18.0 Å². The molecule has 2 rings (SSSR count). The minimum atomic E-state index is -3.88. The predicted octanol–water partition coefficient (Wildman–Crippen LogP) is 2.81. The Labute approximate surface area is 219 Å². The summed E-state index contributed by atoms with van der Waals surface area (Å²) in [6.07, 6.45) is 1.36. The second-order valence-corrected chi connectivity index (χ2v) is 10.7. The van der Waals surface area contributed by atoms with Crippen LogP contribution in [0.25, 0.3) is 0 Å². The van der Waals surface area contributed by atoms with Crippen LogP contribution in [0, 0.1) is 0 Å². The molecule has 0 bridgehead atoms. The van der Waals surface area contributed by atoms with Gasteiger partial charge in [-0.3, -0.25) is 13.9 Å². The van der Waals surface area contributed by atoms with E-state index in [0.29, 0.717) is 23.7 Å². The van der Waals surface area contributed by atoms with E-state index in [0.717, 1.165) is 16.1 Å². The fourth-order valence-corrected chi connectivity index (χ4v) is 4.70. The number of ether oxygens (including phenoxy) is 3. The van der Waals surface area contributed by atoms with Gasteiger partial charge in [0, 0.05) is 18.7 Å². The molecule has 11 heteroatoms. The predicted molar refractivity (Wildman–Crippen MR) is 143 cm³/mol. The summed E-state index contributed by atoms with van der Waals surface area (Å²) in [5.74, 6) is 0.492. The standard InChI is InChI=1S/C26H37N3O7S/c1-8-22(26(31)27-18(2)3)28(16-19-10-9-11-21(14-19)34-4)25(30)17-29(37(7,32)33)20-12-13-23(35-5)24(15-20)36-6/h9-15,18,22H,8,16-17H2,1-7H3,(H,27,31)/t22-/m1/s1. The van der Waals surface area contributed by atoms with Crippen LogP contribution in [0.2, 0.25) is 0 Å². The van der Waals surface area contributed by atoms with Crippen molar-refractivity contribution in [3.8, 4) is 17.2 Å². The van der Waals surface area contributed by atoms with Crippen LogP contribution in [0.1, 0.15) is 32.8 Å². The van der Waals surface area contributed by atoms with E-state index in [1.54, 1.807) is 38.3 Å². The van der Waals surface area contributed by atoms with Gasteiger partial charge < -0.3 is 24.4 Å². The molecule has 2 amide bonds. The van der Waals surface area contributed by atoms with Crippen LogP contribution in [-0.2, 0) is 26.2 Å². The lowest BCUT2D eigenvalue weighted by Gasteiger charge is -2.33. The van der Waals surface area contributed by atoms with Gasteiger partial charge in [0.15, 0.2) is 11.5 Å². The van der Waals surface area contributed by atoms with Gasteiger partial charge in [-0.1, -0.05) is 19.1 Å². The SMILES string of the molecule is CC[C@H](C(=O)NC(C)C)N(Cc1cccc(OC)c1)C(=O)CN(c1ccc(OC)c(OC)c1)S(C)(=O)=O. The first-order chi connectivity index (χ1) is 17.4. The molecular weight excluding hydrogens is 498 g/mol. The molecule has 0 radical (unpaired) electrons. The first-order valence-electron chi connectivity index (χ1n) is 11.9. The third-order valence-corrected chi connectivity index (χ3v) is 6.78. The molecule has 1 N–H and O–H groups in total. The molecule has 2 aromatic carbocycles. The van der Waals surface area contributed by atoms with Crippen molar-refractivity contribution in [3.05, 3.63) is 48.0 Å². The number of methoxy groups -OCH3 is 3. The Morgan fingerprint density at radius 2 is 1.65 bits per heavy atom. The highest BCUT2D eigenvalue weighted by Crippen LogP contribution is 2.32. The fraction of sp³-hybridized carbons (Fsp3) is 0.462. The number of hydrogen-bond acceptors (Lipinski definition) is 7. The Hall–Kier alpha value is -3.47. The van der Waals surface area contributed by atoms with Crippen molar-refractivity contribution in [2.75, 3.05) is 38.4 Å². The number of nitrogens with zero attached hydrogens (tertiary/aromatic N) is 2. The lowest BCUT2D eigenvalue weighted by atomic mass is 10.1. The molecule has 0 saturated heterocycles. The topological polar surface area (TPSA) is 114 Å². The van der Waals surface area contributed by atoms with Crippen molar-refractivity contribution in [1.82, 2.24) is 10.2 Å². The average molecular weight is 536 g/mol. The largest absolute Gasteiger partial charge is 0.497 e. The summed E-state index contributed by atoms with van der Waals surface area (Å²) in [6.45, 7) is 5.05. The average Bonchev–Trinajstić information content (AvgIpc) is 2.85. The van der Waals surface area contributed by atoms with Gasteiger partial charge in [0.25, 0.3) is 0 Å². The van der Waals surface area contributed by atoms with E-state index in [1.807, 2.05) is 19.9 Å². The molecule has 37 heavy (non-hydrogen) atoms. The zero-order chi connectivity index (χ0) is 27.8. The van der Waals surface area contributed by atoms with E-state index in [4.69, 9.17) is 14.2 Å². The molecule has 0 aliphatic heterocycles. The normalized spacial score (nSPS) is 12.0. The Morgan fingerprint density at radius 1 is 0.973 bits per heavy atom. The van der Waals surface area contributed by atoms with Crippen LogP contribution in [0.3, 0.4) is 0 Å². The summed E-state index contributed by atoms with van der Waals surface area (Å²) in [6, 6.07) is 10.8. The van der Waals surface area contributed by atoms with Crippen LogP contribution in [0.15, 0.2) is 42.5 Å². The van der Waals surface area contributed by atoms with E-state index < -0.39 is 28.5 Å². The summed E-state index contributed by atoms with van der Waals surface area (Å²) in [5.41, 5.74) is 0.968. The Bertz CT molecular complexity index is 1180. The summed E-state index contributed by atoms with van der Waals surface area (Å²) in [5, 5.41) is 2.86. The van der Waals surface area contributed by atoms with Gasteiger partial charge in [-0.15, -0.1) is 0 Å². The van der Waals surface area contributed by atoms with Crippen LogP contribution >= 0.6 is 0 Å². The summed E-state index contributed by atoms with van der Waals surface area (Å²) in [4.78, 5) is 28.2. The maximum Gasteiger partial charge on any atom is 0.244 e. The number of amides is 2. The third kappa shape index (κ3) is 8.01. The quantitative estimate of drug-likeness (QED) is 0.419. The van der Waals surface area contributed by atoms with Crippen molar-refractivity contribution in [1.29, 1.82) is 0 Å². The molecule has 10 nitrogen and oxygen atoms in total. The zero-order valence-electron chi connectivity index (χ0n) is 22.5. The van der Waals surface area contributed by atoms with Gasteiger partial charge in [0.05, 0.1) is 33.3 Å². The van der Waals surface area contributed by atoms with Crippen molar-refractivity contribution in [3.63, 3.8) is 0 Å². The number of carbonyl (C=O) groups is 2. The summed E-state index contributed by atoms with van der Waals surface area (Å²) in [7, 11) is 0.573. The van der Waals surface area contributed by atoms with Crippen molar-refractivity contribution in [2.45, 2.75) is 45.8 Å². The third-order valence-electron chi connectivity index (χ3n) is 5.64. The molecule has 2 aromatic rings. The van der Waals surface area contributed by atoms with Crippen molar-refractivity contribution >= 4 is 27.5 Å². The van der Waals surface area contributed by atoms with E-state index in [1.165, 1.54) is 31.3 Å². The number of hydrogen-bond donors (Lipinski definition) is 1. The first-order valence-corrected chi connectivity index (χ1v) is 13.7. The van der Waals surface area contributed by atoms with Gasteiger partial charge in [0.1, 0.15) is 18.3 Å². The number of carbonyl (C=O) groups excluding carboxylic acids is 2. The van der Waals surface area contributed by atoms with Crippen molar-refractivity contribution < 1.29 is 32.2 Å². The molecule has 1 atom stereocenters. The van der Waals surface area contributed by atoms with Crippen molar-refractivity contribution in [2.24, 2.45) is 0 Å². The number of rotatable bonds is 13. The molecule has 0 saturated carbocycles. The highest BCUT2D eigenvalue weighted by molar-refractivity contribution is 7.92. The number of anilines is 1. The summed E-state index contributed by atoms with van der Waals surface area (Å²) >= 11 is 0. The maximum absolute atomic E-state index is 13.8. The molecule has 204 valence electrons. The number of sulfonamides is 1. The first kappa shape index (κ1) is 29.8. The number of benzene rings is 2. The second kappa shape index (κ2) is 13.2. The lowest BCUT2D eigenvalue weighted by molar-refractivity contribution is -0.140. The lowest BCUT2D eigenvalue weighted by Crippen LogP contribution is -2.53. The molecule has 0 fully saturated rings. The molecular formula is C26H37N3O7S. The highest BCUT2D eigenvalue weighted by Gasteiger charge is 2.32. The Balaban J connectivity index is 2.50. The van der Waals surface area contributed by atoms with Crippen LogP contribution < -0.4 is 23.8 Å². The van der Waals surface area contributed by atoms with E-state index >= 15 is 0 Å². The Kier molecular flexibility index (Phi) is 10.6. The molecule has 0 spiro atoms. The van der Waals surface area contributed by atoms with E-state index in [2.05, 4.69) is 5.32 Å². The van der Waals surface area contributed by atoms with Gasteiger partial charge >= 0.3 is 0 Å². The molecule has 0 heterocycles. The van der Waals surface area contributed by atoms with Crippen LogP contribution in [0.5, 0.6) is 17.2 Å². The van der Waals surface area contributed by atoms with Gasteiger partial charge in [-0.25, -0.2) is 8.42 Å². The van der Waals surface area contributed by atoms with E-state index in [-0.39, 0.29) is 24.2 Å². The smallest absolute Gasteiger partial charge is 0.244 e. The second-order valence-electron chi connectivity index (χ2n) is 8.77. The molecule has 0 aliphatic rings. The molecule has 0 aromatic heterocycles. The zero-order valence-corrected chi connectivity index (χ0v) is 23.3. The van der Waals surface area contributed by atoms with Gasteiger partial charge in [-0.2, -0.15) is 0 Å². The number of nitrogens with one attached hydrogen (secondary N) is 1. The molecule has 0 unspecified atom stereocenters. The highest BCUT2D eigenvalue weighted by atomic mass is 32.2. The summed E-state index contributed by atoms with van der Waals surface area (Å²) < 4.78 is 42.4. The van der Waals surface area contributed by atoms with Gasteiger partial charge in [-0.05, 0) is 50.1 Å². The van der Waals surface area contributed by atoms with Crippen LogP contribution in [-0.4, -0.2) is 71.3 Å². The monoisotopic (exact) mass is 535 g/mol. The minimum absolute atomic E-state index is 0.0869. The minimum Gasteiger partial charge on any atom is -0.497 e. The Morgan fingerprint density at radius 3 is 2.19 bits per heavy atom. The maximum atomic E-state index is 13.8.